The van der Waals surface area contributed by atoms with Crippen LogP contribution in [0, 0.1) is 0 Å². The highest BCUT2D eigenvalue weighted by atomic mass is 32.2. The smallest absolute Gasteiger partial charge is 0.239 e. The number of nitrogen functional groups attached to an aromatic ring is 1. The third-order valence-corrected chi connectivity index (χ3v) is 4.18. The molecule has 136 valence electrons. The van der Waals surface area contributed by atoms with Crippen LogP contribution in [0.5, 0.6) is 0 Å². The van der Waals surface area contributed by atoms with E-state index in [-0.39, 0.29) is 30.2 Å². The summed E-state index contributed by atoms with van der Waals surface area (Å²) in [6, 6.07) is 3.48. The molecule has 0 fully saturated rings. The van der Waals surface area contributed by atoms with Gasteiger partial charge in [0.15, 0.2) is 5.76 Å². The molecule has 0 bridgehead atoms. The summed E-state index contributed by atoms with van der Waals surface area (Å²) in [4.78, 5) is 25.6. The number of carbonyl (C=O) groups excluding carboxylic acids is 2. The Bertz CT molecular complexity index is 713. The maximum Gasteiger partial charge on any atom is 0.239 e. The minimum Gasteiger partial charge on any atom is -0.461 e. The number of nitrogens with two attached hydrogens (primary N) is 1. The SMILES string of the molecule is CCN(CC(=O)NC(C)C)C(=O)CSc1nnc(-c2ccco2)n1N. The Morgan fingerprint density at radius 1 is 1.44 bits per heavy atom. The van der Waals surface area contributed by atoms with Gasteiger partial charge in [0.1, 0.15) is 0 Å². The first-order chi connectivity index (χ1) is 11.9. The number of furan rings is 1. The number of carbonyl (C=O) groups is 2. The molecule has 0 aliphatic carbocycles. The van der Waals surface area contributed by atoms with E-state index in [1.165, 1.54) is 15.8 Å². The van der Waals surface area contributed by atoms with Gasteiger partial charge in [-0.3, -0.25) is 9.59 Å². The summed E-state index contributed by atoms with van der Waals surface area (Å²) in [7, 11) is 0. The van der Waals surface area contributed by atoms with Crippen molar-refractivity contribution in [2.75, 3.05) is 24.7 Å². The van der Waals surface area contributed by atoms with Crippen LogP contribution in [0.25, 0.3) is 11.6 Å². The molecule has 25 heavy (non-hydrogen) atoms. The van der Waals surface area contributed by atoms with Crippen LogP contribution in [0.1, 0.15) is 20.8 Å². The van der Waals surface area contributed by atoms with E-state index in [1.807, 2.05) is 20.8 Å². The number of hydrogen-bond acceptors (Lipinski definition) is 7. The van der Waals surface area contributed by atoms with E-state index in [9.17, 15) is 9.59 Å². The summed E-state index contributed by atoms with van der Waals surface area (Å²) in [5, 5.41) is 11.1. The fraction of sp³-hybridized carbons (Fsp3) is 0.467. The quantitative estimate of drug-likeness (QED) is 0.522. The number of nitrogens with zero attached hydrogens (tertiary/aromatic N) is 4. The average Bonchev–Trinajstić information content (AvgIpc) is 3.19. The van der Waals surface area contributed by atoms with Crippen molar-refractivity contribution in [2.24, 2.45) is 0 Å². The fourth-order valence-electron chi connectivity index (χ4n) is 2.08. The van der Waals surface area contributed by atoms with Gasteiger partial charge in [0.2, 0.25) is 22.8 Å². The zero-order chi connectivity index (χ0) is 18.4. The molecule has 2 heterocycles. The Labute approximate surface area is 149 Å². The number of amides is 2. The molecule has 0 aromatic carbocycles. The predicted molar refractivity (Wildman–Crippen MR) is 94.1 cm³/mol. The fourth-order valence-corrected chi connectivity index (χ4v) is 2.84. The van der Waals surface area contributed by atoms with Crippen LogP contribution in [-0.4, -0.2) is 56.5 Å². The topological polar surface area (TPSA) is 119 Å². The summed E-state index contributed by atoms with van der Waals surface area (Å²) in [5.41, 5.74) is 0. The van der Waals surface area contributed by atoms with Gasteiger partial charge < -0.3 is 20.5 Å². The van der Waals surface area contributed by atoms with Crippen molar-refractivity contribution >= 4 is 23.6 Å². The lowest BCUT2D eigenvalue weighted by Gasteiger charge is -2.20. The second kappa shape index (κ2) is 8.56. The van der Waals surface area contributed by atoms with Gasteiger partial charge in [-0.2, -0.15) is 0 Å². The molecule has 0 unspecified atom stereocenters. The number of hydrogen-bond donors (Lipinski definition) is 2. The first-order valence-corrected chi connectivity index (χ1v) is 8.85. The standard InChI is InChI=1S/C15H22N6O3S/c1-4-20(8-12(22)17-10(2)3)13(23)9-25-15-19-18-14(21(15)16)11-6-5-7-24-11/h5-7,10H,4,8-9,16H2,1-3H3,(H,17,22). The van der Waals surface area contributed by atoms with E-state index < -0.39 is 0 Å². The van der Waals surface area contributed by atoms with Crippen LogP contribution in [0.2, 0.25) is 0 Å². The van der Waals surface area contributed by atoms with Crippen molar-refractivity contribution in [1.29, 1.82) is 0 Å². The highest BCUT2D eigenvalue weighted by molar-refractivity contribution is 7.99. The molecule has 2 rings (SSSR count). The molecule has 0 spiro atoms. The van der Waals surface area contributed by atoms with Crippen molar-refractivity contribution < 1.29 is 14.0 Å². The number of aromatic nitrogens is 3. The summed E-state index contributed by atoms with van der Waals surface area (Å²) in [6.45, 7) is 6.04. The molecule has 0 saturated heterocycles. The Hall–Kier alpha value is -2.49. The molecular weight excluding hydrogens is 344 g/mol. The Morgan fingerprint density at radius 2 is 2.20 bits per heavy atom. The average molecular weight is 366 g/mol. The molecule has 0 aliphatic heterocycles. The van der Waals surface area contributed by atoms with Crippen LogP contribution >= 0.6 is 11.8 Å². The largest absolute Gasteiger partial charge is 0.461 e. The monoisotopic (exact) mass is 366 g/mol. The van der Waals surface area contributed by atoms with Gasteiger partial charge in [-0.05, 0) is 32.9 Å². The van der Waals surface area contributed by atoms with Crippen LogP contribution in [0.15, 0.2) is 28.0 Å². The molecule has 9 nitrogen and oxygen atoms in total. The number of likely N-dealkylation sites (N-methyl/N-ethyl adjacent to an activating group) is 1. The lowest BCUT2D eigenvalue weighted by molar-refractivity contribution is -0.134. The molecule has 0 atom stereocenters. The summed E-state index contributed by atoms with van der Waals surface area (Å²) in [5.74, 6) is 6.57. The first kappa shape index (κ1) is 18.8. The zero-order valence-electron chi connectivity index (χ0n) is 14.4. The van der Waals surface area contributed by atoms with Gasteiger partial charge in [0.25, 0.3) is 0 Å². The van der Waals surface area contributed by atoms with Crippen molar-refractivity contribution in [2.45, 2.75) is 32.0 Å². The highest BCUT2D eigenvalue weighted by Gasteiger charge is 2.19. The minimum atomic E-state index is -0.183. The van der Waals surface area contributed by atoms with Gasteiger partial charge >= 0.3 is 0 Å². The lowest BCUT2D eigenvalue weighted by atomic mass is 10.3. The third kappa shape index (κ3) is 4.99. The van der Waals surface area contributed by atoms with E-state index in [0.717, 1.165) is 11.8 Å². The highest BCUT2D eigenvalue weighted by Crippen LogP contribution is 2.21. The molecule has 0 aliphatic rings. The maximum atomic E-state index is 12.3. The van der Waals surface area contributed by atoms with Crippen LogP contribution < -0.4 is 11.2 Å². The predicted octanol–water partition coefficient (Wildman–Crippen LogP) is 0.717. The van der Waals surface area contributed by atoms with Gasteiger partial charge in [-0.1, -0.05) is 11.8 Å². The first-order valence-electron chi connectivity index (χ1n) is 7.86. The van der Waals surface area contributed by atoms with Crippen LogP contribution in [0.4, 0.5) is 0 Å². The lowest BCUT2D eigenvalue weighted by Crippen LogP contribution is -2.43. The van der Waals surface area contributed by atoms with Gasteiger partial charge in [-0.15, -0.1) is 10.2 Å². The van der Waals surface area contributed by atoms with E-state index in [4.69, 9.17) is 10.3 Å². The second-order valence-electron chi connectivity index (χ2n) is 5.57. The van der Waals surface area contributed by atoms with Crippen LogP contribution in [0.3, 0.4) is 0 Å². The van der Waals surface area contributed by atoms with Crippen molar-refractivity contribution in [1.82, 2.24) is 25.1 Å². The van der Waals surface area contributed by atoms with E-state index >= 15 is 0 Å². The molecule has 10 heteroatoms. The van der Waals surface area contributed by atoms with Crippen molar-refractivity contribution in [3.05, 3.63) is 18.4 Å². The minimum absolute atomic E-state index is 0.0288. The summed E-state index contributed by atoms with van der Waals surface area (Å²) in [6.07, 6.45) is 1.52. The van der Waals surface area contributed by atoms with E-state index in [0.29, 0.717) is 23.3 Å². The Balaban J connectivity index is 1.93. The molecule has 3 N–H and O–H groups in total. The molecule has 0 radical (unpaired) electrons. The number of nitrogens with one attached hydrogen (secondary N) is 1. The van der Waals surface area contributed by atoms with E-state index in [1.54, 1.807) is 12.1 Å². The Kier molecular flexibility index (Phi) is 6.45. The third-order valence-electron chi connectivity index (χ3n) is 3.25. The normalized spacial score (nSPS) is 10.9. The molecular formula is C15H22N6O3S. The van der Waals surface area contributed by atoms with Crippen molar-refractivity contribution in [3.8, 4) is 11.6 Å². The second-order valence-corrected chi connectivity index (χ2v) is 6.51. The number of thioether (sulfide) groups is 1. The van der Waals surface area contributed by atoms with E-state index in [2.05, 4.69) is 15.5 Å². The molecule has 2 aromatic rings. The summed E-state index contributed by atoms with van der Waals surface area (Å²) >= 11 is 1.16. The summed E-state index contributed by atoms with van der Waals surface area (Å²) < 4.78 is 6.51. The van der Waals surface area contributed by atoms with Gasteiger partial charge in [-0.25, -0.2) is 4.68 Å². The maximum absolute atomic E-state index is 12.3. The molecule has 0 saturated carbocycles. The number of rotatable bonds is 8. The molecule has 2 amide bonds. The van der Waals surface area contributed by atoms with Crippen molar-refractivity contribution in [3.63, 3.8) is 0 Å². The molecule has 2 aromatic heterocycles. The zero-order valence-corrected chi connectivity index (χ0v) is 15.2. The van der Waals surface area contributed by atoms with Crippen LogP contribution in [-0.2, 0) is 9.59 Å². The van der Waals surface area contributed by atoms with Gasteiger partial charge in [0.05, 0.1) is 18.6 Å². The Morgan fingerprint density at radius 3 is 2.80 bits per heavy atom. The van der Waals surface area contributed by atoms with Gasteiger partial charge in [0, 0.05) is 12.6 Å².